The van der Waals surface area contributed by atoms with Crippen LogP contribution in [0.5, 0.6) is 0 Å². The molecule has 0 bridgehead atoms. The van der Waals surface area contributed by atoms with Gasteiger partial charge in [-0.3, -0.25) is 0 Å². The van der Waals surface area contributed by atoms with Crippen molar-refractivity contribution >= 4 is 5.69 Å². The number of hydrogen-bond donors (Lipinski definition) is 1. The quantitative estimate of drug-likeness (QED) is 0.850. The average Bonchev–Trinajstić information content (AvgIpc) is 2.79. The topological polar surface area (TPSA) is 49.0 Å². The highest BCUT2D eigenvalue weighted by atomic mass is 16.3. The van der Waals surface area contributed by atoms with Crippen molar-refractivity contribution in [1.29, 1.82) is 5.26 Å². The van der Waals surface area contributed by atoms with E-state index in [4.69, 9.17) is 9.68 Å². The third-order valence-corrected chi connectivity index (χ3v) is 2.42. The van der Waals surface area contributed by atoms with Gasteiger partial charge in [0.05, 0.1) is 24.1 Å². The van der Waals surface area contributed by atoms with Gasteiger partial charge in [0.2, 0.25) is 0 Å². The van der Waals surface area contributed by atoms with E-state index in [1.54, 1.807) is 6.26 Å². The van der Waals surface area contributed by atoms with Gasteiger partial charge in [-0.05, 0) is 30.7 Å². The zero-order chi connectivity index (χ0) is 11.4. The van der Waals surface area contributed by atoms with Gasteiger partial charge in [-0.15, -0.1) is 0 Å². The summed E-state index contributed by atoms with van der Waals surface area (Å²) < 4.78 is 5.21. The Morgan fingerprint density at radius 3 is 2.88 bits per heavy atom. The van der Waals surface area contributed by atoms with Crippen LogP contribution in [0, 0.1) is 18.3 Å². The highest BCUT2D eigenvalue weighted by Crippen LogP contribution is 2.19. The van der Waals surface area contributed by atoms with Crippen molar-refractivity contribution < 1.29 is 4.42 Å². The van der Waals surface area contributed by atoms with Crippen LogP contribution in [0.3, 0.4) is 0 Å². The van der Waals surface area contributed by atoms with Gasteiger partial charge >= 0.3 is 0 Å². The lowest BCUT2D eigenvalue weighted by atomic mass is 10.1. The van der Waals surface area contributed by atoms with Gasteiger partial charge in [-0.1, -0.05) is 12.1 Å². The van der Waals surface area contributed by atoms with Gasteiger partial charge < -0.3 is 9.73 Å². The Morgan fingerprint density at radius 1 is 1.31 bits per heavy atom. The fraction of sp³-hybridized carbons (Fsp3) is 0.154. The number of anilines is 1. The summed E-state index contributed by atoms with van der Waals surface area (Å²) in [7, 11) is 0. The van der Waals surface area contributed by atoms with Crippen LogP contribution in [0.25, 0.3) is 0 Å². The molecule has 1 aromatic carbocycles. The first-order valence-electron chi connectivity index (χ1n) is 5.07. The molecule has 0 amide bonds. The highest BCUT2D eigenvalue weighted by molar-refractivity contribution is 5.60. The Morgan fingerprint density at radius 2 is 2.19 bits per heavy atom. The molecule has 1 N–H and O–H groups in total. The summed E-state index contributed by atoms with van der Waals surface area (Å²) in [5.41, 5.74) is 2.51. The summed E-state index contributed by atoms with van der Waals surface area (Å²) in [4.78, 5) is 0. The van der Waals surface area contributed by atoms with Crippen LogP contribution in [0.4, 0.5) is 5.69 Å². The second-order valence-electron chi connectivity index (χ2n) is 3.54. The number of nitrogens with one attached hydrogen (secondary N) is 1. The van der Waals surface area contributed by atoms with Gasteiger partial charge in [0.25, 0.3) is 0 Å². The molecule has 0 saturated carbocycles. The van der Waals surface area contributed by atoms with Crippen molar-refractivity contribution in [1.82, 2.24) is 0 Å². The number of rotatable bonds is 3. The summed E-state index contributed by atoms with van der Waals surface area (Å²) in [6.07, 6.45) is 1.64. The number of nitriles is 1. The molecule has 0 fully saturated rings. The molecule has 0 atom stereocenters. The minimum Gasteiger partial charge on any atom is -0.467 e. The molecule has 0 aliphatic rings. The third-order valence-electron chi connectivity index (χ3n) is 2.42. The lowest BCUT2D eigenvalue weighted by Gasteiger charge is -2.08. The lowest BCUT2D eigenvalue weighted by Crippen LogP contribution is -2.01. The average molecular weight is 212 g/mol. The Bertz CT molecular complexity index is 509. The van der Waals surface area contributed by atoms with Gasteiger partial charge in [0.1, 0.15) is 11.8 Å². The zero-order valence-electron chi connectivity index (χ0n) is 9.03. The molecule has 3 heteroatoms. The minimum absolute atomic E-state index is 0.588. The van der Waals surface area contributed by atoms with Crippen molar-refractivity contribution in [2.75, 3.05) is 5.32 Å². The molecule has 2 aromatic rings. The first-order valence-corrected chi connectivity index (χ1v) is 5.07. The largest absolute Gasteiger partial charge is 0.467 e. The zero-order valence-corrected chi connectivity index (χ0v) is 9.03. The number of benzene rings is 1. The molecule has 2 rings (SSSR count). The second kappa shape index (κ2) is 4.54. The van der Waals surface area contributed by atoms with Gasteiger partial charge in [-0.2, -0.15) is 5.26 Å². The number of nitrogens with zero attached hydrogens (tertiary/aromatic N) is 1. The fourth-order valence-corrected chi connectivity index (χ4v) is 1.56. The van der Waals surface area contributed by atoms with Crippen molar-refractivity contribution in [3.05, 3.63) is 53.5 Å². The van der Waals surface area contributed by atoms with E-state index >= 15 is 0 Å². The van der Waals surface area contributed by atoms with Crippen LogP contribution in [0.1, 0.15) is 16.9 Å². The predicted octanol–water partition coefficient (Wildman–Crippen LogP) is 3.07. The van der Waals surface area contributed by atoms with E-state index in [0.29, 0.717) is 12.1 Å². The highest BCUT2D eigenvalue weighted by Gasteiger charge is 2.04. The molecule has 0 aliphatic heterocycles. The van der Waals surface area contributed by atoms with Gasteiger partial charge in [-0.25, -0.2) is 0 Å². The van der Waals surface area contributed by atoms with Crippen LogP contribution in [-0.2, 0) is 6.54 Å². The van der Waals surface area contributed by atoms with Gasteiger partial charge in [0, 0.05) is 0 Å². The first kappa shape index (κ1) is 10.3. The Labute approximate surface area is 94.3 Å². The maximum atomic E-state index is 9.04. The lowest BCUT2D eigenvalue weighted by molar-refractivity contribution is 0.518. The molecule has 0 radical (unpaired) electrons. The summed E-state index contributed by atoms with van der Waals surface area (Å²) in [6.45, 7) is 2.52. The molecule has 3 nitrogen and oxygen atoms in total. The fourth-order valence-electron chi connectivity index (χ4n) is 1.56. The maximum Gasteiger partial charge on any atom is 0.122 e. The number of aryl methyl sites for hydroxylation is 1. The Balaban J connectivity index is 2.16. The molecule has 1 heterocycles. The number of hydrogen-bond acceptors (Lipinski definition) is 3. The van der Waals surface area contributed by atoms with Crippen LogP contribution < -0.4 is 5.32 Å². The molecule has 1 aromatic heterocycles. The minimum atomic E-state index is 0.588. The molecule has 0 saturated heterocycles. The normalized spacial score (nSPS) is 9.75. The van der Waals surface area contributed by atoms with Crippen molar-refractivity contribution in [3.8, 4) is 6.07 Å². The molecule has 0 unspecified atom stereocenters. The monoisotopic (exact) mass is 212 g/mol. The van der Waals surface area contributed by atoms with E-state index in [2.05, 4.69) is 11.4 Å². The second-order valence-corrected chi connectivity index (χ2v) is 3.54. The van der Waals surface area contributed by atoms with Crippen molar-refractivity contribution in [2.45, 2.75) is 13.5 Å². The molecular weight excluding hydrogens is 200 g/mol. The van der Waals surface area contributed by atoms with Crippen LogP contribution in [-0.4, -0.2) is 0 Å². The standard InChI is InChI=1S/C13H12N2O/c1-10-4-2-6-13(12(10)8-14)15-9-11-5-3-7-16-11/h2-7,15H,9H2,1H3. The number of furan rings is 1. The van der Waals surface area contributed by atoms with Crippen LogP contribution in [0.15, 0.2) is 41.0 Å². The van der Waals surface area contributed by atoms with E-state index in [0.717, 1.165) is 17.0 Å². The van der Waals surface area contributed by atoms with E-state index in [1.807, 2.05) is 37.3 Å². The van der Waals surface area contributed by atoms with Crippen molar-refractivity contribution in [2.24, 2.45) is 0 Å². The summed E-state index contributed by atoms with van der Waals surface area (Å²) in [5, 5.41) is 12.2. The third kappa shape index (κ3) is 2.06. The van der Waals surface area contributed by atoms with E-state index in [9.17, 15) is 0 Å². The summed E-state index contributed by atoms with van der Waals surface area (Å²) in [5.74, 6) is 0.852. The van der Waals surface area contributed by atoms with Gasteiger partial charge in [0.15, 0.2) is 0 Å². The SMILES string of the molecule is Cc1cccc(NCc2ccco2)c1C#N. The molecular formula is C13H12N2O. The van der Waals surface area contributed by atoms with Crippen LogP contribution in [0.2, 0.25) is 0 Å². The Hall–Kier alpha value is -2.21. The van der Waals surface area contributed by atoms with E-state index in [-0.39, 0.29) is 0 Å². The van der Waals surface area contributed by atoms with E-state index < -0.39 is 0 Å². The molecule has 16 heavy (non-hydrogen) atoms. The smallest absolute Gasteiger partial charge is 0.122 e. The van der Waals surface area contributed by atoms with Crippen LogP contribution >= 0.6 is 0 Å². The predicted molar refractivity (Wildman–Crippen MR) is 61.9 cm³/mol. The molecule has 0 spiro atoms. The summed E-state index contributed by atoms with van der Waals surface area (Å²) >= 11 is 0. The first-order chi connectivity index (χ1) is 7.81. The van der Waals surface area contributed by atoms with Crippen molar-refractivity contribution in [3.63, 3.8) is 0 Å². The Kier molecular flexibility index (Phi) is 2.93. The van der Waals surface area contributed by atoms with E-state index in [1.165, 1.54) is 0 Å². The summed E-state index contributed by atoms with van der Waals surface area (Å²) in [6, 6.07) is 11.7. The molecule has 80 valence electrons. The molecule has 0 aliphatic carbocycles. The maximum absolute atomic E-state index is 9.04.